The van der Waals surface area contributed by atoms with Crippen LogP contribution in [0.5, 0.6) is 11.5 Å². The Morgan fingerprint density at radius 1 is 1.16 bits per heavy atom. The molecule has 1 aliphatic heterocycles. The second kappa shape index (κ2) is 10.1. The third kappa shape index (κ3) is 4.74. The Balaban J connectivity index is 2.12. The summed E-state index contributed by atoms with van der Waals surface area (Å²) < 4.78 is 10.7. The number of likely N-dealkylation sites (tertiary alicyclic amines) is 1. The van der Waals surface area contributed by atoms with Gasteiger partial charge in [0.25, 0.3) is 11.7 Å². The summed E-state index contributed by atoms with van der Waals surface area (Å²) in [6, 6.07) is 11.1. The molecule has 2 aromatic carbocycles. The van der Waals surface area contributed by atoms with E-state index in [1.807, 2.05) is 25.9 Å². The summed E-state index contributed by atoms with van der Waals surface area (Å²) in [6.07, 6.45) is 0. The molecule has 0 bridgehead atoms. The summed E-state index contributed by atoms with van der Waals surface area (Å²) >= 11 is 6.28. The van der Waals surface area contributed by atoms with Crippen molar-refractivity contribution < 1.29 is 24.2 Å². The molecule has 32 heavy (non-hydrogen) atoms. The molecule has 0 radical (unpaired) electrons. The standard InChI is InChI=1S/C24H27ClN2O5/c1-5-32-19-11-8-16(14-18(19)25)22(28)20-21(15-6-9-17(31-4)10-7-15)27(13-12-26(2)3)24(30)23(20)29/h6-11,14,21,28H,5,12-13H2,1-4H3/b22-20-. The number of nitrogens with zero attached hydrogens (tertiary/aromatic N) is 2. The summed E-state index contributed by atoms with van der Waals surface area (Å²) in [4.78, 5) is 29.4. The van der Waals surface area contributed by atoms with Crippen molar-refractivity contribution in [3.8, 4) is 11.5 Å². The molecule has 0 spiro atoms. The topological polar surface area (TPSA) is 79.3 Å². The average Bonchev–Trinajstić information content (AvgIpc) is 3.03. The number of halogens is 1. The Kier molecular flexibility index (Phi) is 7.43. The first-order valence-electron chi connectivity index (χ1n) is 10.3. The van der Waals surface area contributed by atoms with E-state index in [1.54, 1.807) is 43.5 Å². The van der Waals surface area contributed by atoms with Crippen LogP contribution < -0.4 is 9.47 Å². The Morgan fingerprint density at radius 3 is 2.41 bits per heavy atom. The van der Waals surface area contributed by atoms with Crippen LogP contribution in [0.2, 0.25) is 5.02 Å². The van der Waals surface area contributed by atoms with Crippen LogP contribution in [0.15, 0.2) is 48.0 Å². The molecule has 0 saturated carbocycles. The number of ketones is 1. The Morgan fingerprint density at radius 2 is 1.84 bits per heavy atom. The third-order valence-corrected chi connectivity index (χ3v) is 5.56. The molecule has 2 aromatic rings. The van der Waals surface area contributed by atoms with Crippen LogP contribution in [-0.4, -0.2) is 67.5 Å². The van der Waals surface area contributed by atoms with Gasteiger partial charge < -0.3 is 24.4 Å². The monoisotopic (exact) mass is 458 g/mol. The lowest BCUT2D eigenvalue weighted by Crippen LogP contribution is -2.35. The average molecular weight is 459 g/mol. The summed E-state index contributed by atoms with van der Waals surface area (Å²) in [6.45, 7) is 3.18. The fourth-order valence-electron chi connectivity index (χ4n) is 3.63. The van der Waals surface area contributed by atoms with E-state index in [2.05, 4.69) is 0 Å². The second-order valence-electron chi connectivity index (χ2n) is 7.65. The van der Waals surface area contributed by atoms with E-state index < -0.39 is 17.7 Å². The highest BCUT2D eigenvalue weighted by atomic mass is 35.5. The van der Waals surface area contributed by atoms with Gasteiger partial charge in [0.1, 0.15) is 17.3 Å². The van der Waals surface area contributed by atoms with Gasteiger partial charge in [0, 0.05) is 18.7 Å². The lowest BCUT2D eigenvalue weighted by molar-refractivity contribution is -0.140. The highest BCUT2D eigenvalue weighted by Gasteiger charge is 2.45. The number of ether oxygens (including phenoxy) is 2. The molecular formula is C24H27ClN2O5. The van der Waals surface area contributed by atoms with Gasteiger partial charge in [-0.1, -0.05) is 23.7 Å². The fraction of sp³-hybridized carbons (Fsp3) is 0.333. The van der Waals surface area contributed by atoms with Crippen LogP contribution in [0.25, 0.3) is 5.76 Å². The maximum absolute atomic E-state index is 13.0. The number of carbonyl (C=O) groups excluding carboxylic acids is 2. The van der Waals surface area contributed by atoms with Gasteiger partial charge in [-0.25, -0.2) is 0 Å². The Labute approximate surface area is 192 Å². The minimum absolute atomic E-state index is 0.0270. The molecule has 8 heteroatoms. The molecule has 1 unspecified atom stereocenters. The van der Waals surface area contributed by atoms with Crippen molar-refractivity contribution in [2.24, 2.45) is 0 Å². The number of amides is 1. The van der Waals surface area contributed by atoms with Crippen LogP contribution in [0.4, 0.5) is 0 Å². The number of hydrogen-bond donors (Lipinski definition) is 1. The number of rotatable bonds is 8. The number of aliphatic hydroxyl groups is 1. The van der Waals surface area contributed by atoms with Crippen molar-refractivity contribution in [2.75, 3.05) is 40.9 Å². The number of hydrogen-bond acceptors (Lipinski definition) is 6. The van der Waals surface area contributed by atoms with Crippen molar-refractivity contribution in [3.05, 3.63) is 64.2 Å². The van der Waals surface area contributed by atoms with Gasteiger partial charge in [0.15, 0.2) is 0 Å². The fourth-order valence-corrected chi connectivity index (χ4v) is 3.86. The minimum Gasteiger partial charge on any atom is -0.507 e. The van der Waals surface area contributed by atoms with Crippen LogP contribution in [0.1, 0.15) is 24.1 Å². The van der Waals surface area contributed by atoms with E-state index in [-0.39, 0.29) is 11.3 Å². The molecule has 1 aliphatic rings. The van der Waals surface area contributed by atoms with E-state index in [4.69, 9.17) is 21.1 Å². The molecule has 1 saturated heterocycles. The number of methoxy groups -OCH3 is 1. The molecule has 7 nitrogen and oxygen atoms in total. The van der Waals surface area contributed by atoms with E-state index in [0.717, 1.165) is 0 Å². The molecule has 1 atom stereocenters. The summed E-state index contributed by atoms with van der Waals surface area (Å²) in [5, 5.41) is 11.4. The Bertz CT molecular complexity index is 1030. The predicted octanol–water partition coefficient (Wildman–Crippen LogP) is 3.73. The lowest BCUT2D eigenvalue weighted by atomic mass is 9.95. The zero-order valence-electron chi connectivity index (χ0n) is 18.6. The first-order chi connectivity index (χ1) is 15.3. The van der Waals surface area contributed by atoms with Gasteiger partial charge in [-0.3, -0.25) is 9.59 Å². The molecule has 0 aliphatic carbocycles. The lowest BCUT2D eigenvalue weighted by Gasteiger charge is -2.26. The summed E-state index contributed by atoms with van der Waals surface area (Å²) in [5.74, 6) is -0.527. The van der Waals surface area contributed by atoms with Crippen LogP contribution in [0.3, 0.4) is 0 Å². The molecule has 0 aromatic heterocycles. The zero-order valence-corrected chi connectivity index (χ0v) is 19.3. The number of carbonyl (C=O) groups is 2. The molecule has 3 rings (SSSR count). The highest BCUT2D eigenvalue weighted by Crippen LogP contribution is 2.40. The first-order valence-corrected chi connectivity index (χ1v) is 10.7. The van der Waals surface area contributed by atoms with Crippen molar-refractivity contribution >= 4 is 29.1 Å². The van der Waals surface area contributed by atoms with Crippen molar-refractivity contribution in [3.63, 3.8) is 0 Å². The maximum Gasteiger partial charge on any atom is 0.295 e. The predicted molar refractivity (Wildman–Crippen MR) is 123 cm³/mol. The molecule has 1 N–H and O–H groups in total. The van der Waals surface area contributed by atoms with E-state index in [0.29, 0.717) is 47.3 Å². The number of aliphatic hydroxyl groups excluding tert-OH is 1. The normalized spacial score (nSPS) is 17.8. The summed E-state index contributed by atoms with van der Waals surface area (Å²) in [7, 11) is 5.34. The zero-order chi connectivity index (χ0) is 23.4. The van der Waals surface area contributed by atoms with E-state index >= 15 is 0 Å². The van der Waals surface area contributed by atoms with Gasteiger partial charge in [-0.2, -0.15) is 0 Å². The third-order valence-electron chi connectivity index (χ3n) is 5.26. The molecule has 1 fully saturated rings. The largest absolute Gasteiger partial charge is 0.507 e. The number of Topliss-reactive ketones (excluding diaryl/α,β-unsaturated/α-hetero) is 1. The van der Waals surface area contributed by atoms with Crippen molar-refractivity contribution in [1.82, 2.24) is 9.80 Å². The van der Waals surface area contributed by atoms with Crippen LogP contribution in [0, 0.1) is 0 Å². The first kappa shape index (κ1) is 23.6. The summed E-state index contributed by atoms with van der Waals surface area (Å²) in [5.41, 5.74) is 1.06. The smallest absolute Gasteiger partial charge is 0.295 e. The van der Waals surface area contributed by atoms with Gasteiger partial charge in [0.05, 0.1) is 30.4 Å². The molecule has 1 amide bonds. The second-order valence-corrected chi connectivity index (χ2v) is 8.05. The minimum atomic E-state index is -0.730. The van der Waals surface area contributed by atoms with Crippen molar-refractivity contribution in [1.29, 1.82) is 0 Å². The van der Waals surface area contributed by atoms with Gasteiger partial charge in [-0.05, 0) is 56.9 Å². The molecule has 1 heterocycles. The maximum atomic E-state index is 13.0. The van der Waals surface area contributed by atoms with E-state index in [9.17, 15) is 14.7 Å². The van der Waals surface area contributed by atoms with Gasteiger partial charge >= 0.3 is 0 Å². The highest BCUT2D eigenvalue weighted by molar-refractivity contribution is 6.46. The quantitative estimate of drug-likeness (QED) is 0.369. The molecule has 170 valence electrons. The van der Waals surface area contributed by atoms with Gasteiger partial charge in [0.2, 0.25) is 0 Å². The van der Waals surface area contributed by atoms with Gasteiger partial charge in [-0.15, -0.1) is 0 Å². The van der Waals surface area contributed by atoms with E-state index in [1.165, 1.54) is 11.0 Å². The Hall–Kier alpha value is -3.03. The van der Waals surface area contributed by atoms with Crippen molar-refractivity contribution in [2.45, 2.75) is 13.0 Å². The number of likely N-dealkylation sites (N-methyl/N-ethyl adjacent to an activating group) is 1. The molecular weight excluding hydrogens is 432 g/mol. The van der Waals surface area contributed by atoms with Crippen LogP contribution >= 0.6 is 11.6 Å². The van der Waals surface area contributed by atoms with Crippen LogP contribution in [-0.2, 0) is 9.59 Å². The SMILES string of the molecule is CCOc1ccc(/C(O)=C2/C(=O)C(=O)N(CCN(C)C)C2c2ccc(OC)cc2)cc1Cl. The number of benzene rings is 2.